The van der Waals surface area contributed by atoms with E-state index in [1.807, 2.05) is 43.3 Å². The second kappa shape index (κ2) is 5.84. The van der Waals surface area contributed by atoms with Crippen molar-refractivity contribution in [1.82, 2.24) is 0 Å². The Balaban J connectivity index is 2.43. The van der Waals surface area contributed by atoms with E-state index in [1.54, 1.807) is 12.1 Å². The highest BCUT2D eigenvalue weighted by Gasteiger charge is 2.12. The van der Waals surface area contributed by atoms with Gasteiger partial charge in [0.1, 0.15) is 0 Å². The third-order valence-electron chi connectivity index (χ3n) is 2.87. The Labute approximate surface area is 122 Å². The lowest BCUT2D eigenvalue weighted by atomic mass is 10.1. The van der Waals surface area contributed by atoms with Crippen LogP contribution >= 0.6 is 11.6 Å². The summed E-state index contributed by atoms with van der Waals surface area (Å²) in [5, 5.41) is 12.8. The molecule has 0 atom stereocenters. The normalized spacial score (nSPS) is 10.2. The van der Waals surface area contributed by atoms with E-state index in [9.17, 15) is 9.90 Å². The van der Waals surface area contributed by atoms with E-state index in [4.69, 9.17) is 11.6 Å². The van der Waals surface area contributed by atoms with Crippen molar-refractivity contribution in [2.45, 2.75) is 0 Å². The standard InChI is InChI=1S/C15H15ClN2O2/c1-18(2)14-6-4-3-5-13(14)17-12-8-7-10(16)9-11(12)15(19)20/h3-9,17H,1-2H3,(H,19,20). The van der Waals surface area contributed by atoms with Gasteiger partial charge in [0.25, 0.3) is 0 Å². The first-order valence-corrected chi connectivity index (χ1v) is 6.43. The highest BCUT2D eigenvalue weighted by Crippen LogP contribution is 2.30. The van der Waals surface area contributed by atoms with Gasteiger partial charge in [0.2, 0.25) is 0 Å². The third-order valence-corrected chi connectivity index (χ3v) is 3.10. The molecule has 0 aliphatic rings. The number of anilines is 3. The smallest absolute Gasteiger partial charge is 0.337 e. The maximum absolute atomic E-state index is 11.3. The van der Waals surface area contributed by atoms with Gasteiger partial charge in [-0.05, 0) is 30.3 Å². The Morgan fingerprint density at radius 3 is 2.50 bits per heavy atom. The molecule has 0 aromatic heterocycles. The summed E-state index contributed by atoms with van der Waals surface area (Å²) in [7, 11) is 3.86. The summed E-state index contributed by atoms with van der Waals surface area (Å²) < 4.78 is 0. The van der Waals surface area contributed by atoms with Gasteiger partial charge in [-0.3, -0.25) is 0 Å². The Hall–Kier alpha value is -2.20. The molecule has 0 spiro atoms. The average Bonchev–Trinajstić information content (AvgIpc) is 2.41. The molecule has 0 aliphatic carbocycles. The van der Waals surface area contributed by atoms with Gasteiger partial charge in [0.05, 0.1) is 22.6 Å². The summed E-state index contributed by atoms with van der Waals surface area (Å²) in [5.41, 5.74) is 2.46. The van der Waals surface area contributed by atoms with Gasteiger partial charge >= 0.3 is 5.97 Å². The number of hydrogen-bond donors (Lipinski definition) is 2. The summed E-state index contributed by atoms with van der Waals surface area (Å²) in [6.45, 7) is 0. The summed E-state index contributed by atoms with van der Waals surface area (Å²) in [6, 6.07) is 12.4. The molecule has 5 heteroatoms. The molecule has 0 saturated carbocycles. The zero-order chi connectivity index (χ0) is 14.7. The average molecular weight is 291 g/mol. The number of nitrogens with one attached hydrogen (secondary N) is 1. The molecule has 2 aromatic carbocycles. The first-order valence-electron chi connectivity index (χ1n) is 6.05. The number of rotatable bonds is 4. The van der Waals surface area contributed by atoms with Crippen LogP contribution in [0.15, 0.2) is 42.5 Å². The van der Waals surface area contributed by atoms with Crippen molar-refractivity contribution < 1.29 is 9.90 Å². The lowest BCUT2D eigenvalue weighted by molar-refractivity contribution is 0.0698. The van der Waals surface area contributed by atoms with E-state index in [0.717, 1.165) is 11.4 Å². The van der Waals surface area contributed by atoms with Crippen molar-refractivity contribution in [3.8, 4) is 0 Å². The van der Waals surface area contributed by atoms with Crippen LogP contribution in [0.5, 0.6) is 0 Å². The quantitative estimate of drug-likeness (QED) is 0.898. The van der Waals surface area contributed by atoms with Crippen LogP contribution in [0.2, 0.25) is 5.02 Å². The SMILES string of the molecule is CN(C)c1ccccc1Nc1ccc(Cl)cc1C(=O)O. The van der Waals surface area contributed by atoms with Gasteiger partial charge in [-0.2, -0.15) is 0 Å². The van der Waals surface area contributed by atoms with Gasteiger partial charge in [0.15, 0.2) is 0 Å². The molecule has 0 saturated heterocycles. The van der Waals surface area contributed by atoms with Gasteiger partial charge in [0, 0.05) is 19.1 Å². The molecule has 0 fully saturated rings. The summed E-state index contributed by atoms with van der Waals surface area (Å²) in [6.07, 6.45) is 0. The molecule has 0 radical (unpaired) electrons. The van der Waals surface area contributed by atoms with Gasteiger partial charge < -0.3 is 15.3 Å². The molecule has 0 heterocycles. The van der Waals surface area contributed by atoms with E-state index >= 15 is 0 Å². The Bertz CT molecular complexity index is 642. The van der Waals surface area contributed by atoms with Crippen molar-refractivity contribution in [3.05, 3.63) is 53.1 Å². The molecule has 2 N–H and O–H groups in total. The molecule has 0 aliphatic heterocycles. The highest BCUT2D eigenvalue weighted by molar-refractivity contribution is 6.31. The second-order valence-corrected chi connectivity index (χ2v) is 4.97. The fourth-order valence-electron chi connectivity index (χ4n) is 1.92. The largest absolute Gasteiger partial charge is 0.478 e. The molecule has 0 bridgehead atoms. The van der Waals surface area contributed by atoms with E-state index < -0.39 is 5.97 Å². The number of carboxylic acids is 1. The van der Waals surface area contributed by atoms with E-state index in [-0.39, 0.29) is 5.56 Å². The number of carboxylic acid groups (broad SMARTS) is 1. The lowest BCUT2D eigenvalue weighted by Gasteiger charge is -2.19. The van der Waals surface area contributed by atoms with Crippen LogP contribution in [-0.2, 0) is 0 Å². The van der Waals surface area contributed by atoms with Crippen molar-refractivity contribution >= 4 is 34.6 Å². The van der Waals surface area contributed by atoms with Crippen LogP contribution in [0.1, 0.15) is 10.4 Å². The number of nitrogens with zero attached hydrogens (tertiary/aromatic N) is 1. The second-order valence-electron chi connectivity index (χ2n) is 4.53. The minimum atomic E-state index is -1.02. The zero-order valence-electron chi connectivity index (χ0n) is 11.2. The van der Waals surface area contributed by atoms with Crippen LogP contribution in [0, 0.1) is 0 Å². The highest BCUT2D eigenvalue weighted by atomic mass is 35.5. The summed E-state index contributed by atoms with van der Waals surface area (Å²) in [4.78, 5) is 13.2. The minimum absolute atomic E-state index is 0.144. The molecule has 20 heavy (non-hydrogen) atoms. The Morgan fingerprint density at radius 1 is 1.15 bits per heavy atom. The van der Waals surface area contributed by atoms with Crippen LogP contribution in [-0.4, -0.2) is 25.2 Å². The first-order chi connectivity index (χ1) is 9.49. The first kappa shape index (κ1) is 14.2. The van der Waals surface area contributed by atoms with Crippen molar-refractivity contribution in [3.63, 3.8) is 0 Å². The summed E-state index contributed by atoms with van der Waals surface area (Å²) >= 11 is 5.85. The van der Waals surface area contributed by atoms with Crippen LogP contribution in [0.3, 0.4) is 0 Å². The van der Waals surface area contributed by atoms with Crippen molar-refractivity contribution in [1.29, 1.82) is 0 Å². The number of hydrogen-bond acceptors (Lipinski definition) is 3. The molecule has 0 amide bonds. The molecular weight excluding hydrogens is 276 g/mol. The molecule has 4 nitrogen and oxygen atoms in total. The molecule has 104 valence electrons. The molecule has 2 aromatic rings. The van der Waals surface area contributed by atoms with Gasteiger partial charge in [-0.25, -0.2) is 4.79 Å². The predicted octanol–water partition coefficient (Wildman–Crippen LogP) is 3.85. The maximum atomic E-state index is 11.3. The molecular formula is C15H15ClN2O2. The number of halogens is 1. The topological polar surface area (TPSA) is 52.6 Å². The number of benzene rings is 2. The minimum Gasteiger partial charge on any atom is -0.478 e. The van der Waals surface area contributed by atoms with Crippen molar-refractivity contribution in [2.75, 3.05) is 24.3 Å². The summed E-state index contributed by atoms with van der Waals surface area (Å²) in [5.74, 6) is -1.02. The fraction of sp³-hybridized carbons (Fsp3) is 0.133. The number of carbonyl (C=O) groups is 1. The Morgan fingerprint density at radius 2 is 1.85 bits per heavy atom. The van der Waals surface area contributed by atoms with Crippen LogP contribution in [0.25, 0.3) is 0 Å². The maximum Gasteiger partial charge on any atom is 0.337 e. The van der Waals surface area contributed by atoms with Crippen LogP contribution < -0.4 is 10.2 Å². The lowest BCUT2D eigenvalue weighted by Crippen LogP contribution is -2.11. The molecule has 2 rings (SSSR count). The monoisotopic (exact) mass is 290 g/mol. The molecule has 0 unspecified atom stereocenters. The van der Waals surface area contributed by atoms with E-state index in [1.165, 1.54) is 6.07 Å². The van der Waals surface area contributed by atoms with Gasteiger partial charge in [-0.15, -0.1) is 0 Å². The fourth-order valence-corrected chi connectivity index (χ4v) is 2.09. The van der Waals surface area contributed by atoms with Crippen LogP contribution in [0.4, 0.5) is 17.1 Å². The number of aromatic carboxylic acids is 1. The van der Waals surface area contributed by atoms with Crippen molar-refractivity contribution in [2.24, 2.45) is 0 Å². The number of para-hydroxylation sites is 2. The van der Waals surface area contributed by atoms with E-state index in [2.05, 4.69) is 5.32 Å². The van der Waals surface area contributed by atoms with E-state index in [0.29, 0.717) is 10.7 Å². The third kappa shape index (κ3) is 3.03. The zero-order valence-corrected chi connectivity index (χ0v) is 12.0. The van der Waals surface area contributed by atoms with Gasteiger partial charge in [-0.1, -0.05) is 23.7 Å². The Kier molecular flexibility index (Phi) is 4.15. The predicted molar refractivity (Wildman–Crippen MR) is 82.5 cm³/mol.